The fourth-order valence-electron chi connectivity index (χ4n) is 4.12. The van der Waals surface area contributed by atoms with Crippen molar-refractivity contribution in [2.24, 2.45) is 11.3 Å². The Morgan fingerprint density at radius 2 is 1.97 bits per heavy atom. The number of carboxylic acids is 1. The van der Waals surface area contributed by atoms with Gasteiger partial charge >= 0.3 is 12.1 Å². The van der Waals surface area contributed by atoms with Crippen molar-refractivity contribution in [3.8, 4) is 0 Å². The second-order valence-electron chi connectivity index (χ2n) is 7.69. The third-order valence-corrected chi connectivity index (χ3v) is 7.57. The number of rotatable bonds is 5. The van der Waals surface area contributed by atoms with Crippen LogP contribution in [0.3, 0.4) is 0 Å². The third-order valence-electron chi connectivity index (χ3n) is 5.72. The molecule has 0 amide bonds. The largest absolute Gasteiger partial charge is 0.490 e. The number of nitrogens with zero attached hydrogens (tertiary/aromatic N) is 2. The van der Waals surface area contributed by atoms with Crippen molar-refractivity contribution in [2.75, 3.05) is 46.4 Å². The highest BCUT2D eigenvalue weighted by atomic mass is 32.2. The molecule has 1 aromatic rings. The maximum absolute atomic E-state index is 13.4. The molecule has 12 heteroatoms. The maximum Gasteiger partial charge on any atom is 0.490 e. The van der Waals surface area contributed by atoms with Crippen LogP contribution >= 0.6 is 0 Å². The second kappa shape index (κ2) is 9.80. The minimum Gasteiger partial charge on any atom is -0.475 e. The zero-order chi connectivity index (χ0) is 23.4. The van der Waals surface area contributed by atoms with E-state index < -0.39 is 28.0 Å². The molecule has 3 rings (SSSR count). The summed E-state index contributed by atoms with van der Waals surface area (Å²) in [4.78, 5) is 11.3. The van der Waals surface area contributed by atoms with E-state index in [1.54, 1.807) is 7.11 Å². The van der Waals surface area contributed by atoms with Gasteiger partial charge in [-0.2, -0.15) is 17.5 Å². The summed E-state index contributed by atoms with van der Waals surface area (Å²) in [5, 5.41) is 7.12. The fourth-order valence-corrected chi connectivity index (χ4v) is 5.69. The van der Waals surface area contributed by atoms with Crippen molar-refractivity contribution in [1.82, 2.24) is 9.21 Å². The quantitative estimate of drug-likeness (QED) is 0.666. The molecule has 2 heterocycles. The van der Waals surface area contributed by atoms with Crippen molar-refractivity contribution in [3.63, 3.8) is 0 Å². The molecule has 0 aliphatic carbocycles. The normalized spacial score (nSPS) is 24.9. The van der Waals surface area contributed by atoms with Crippen LogP contribution in [0.25, 0.3) is 0 Å². The van der Waals surface area contributed by atoms with Gasteiger partial charge in [0.2, 0.25) is 10.0 Å². The number of halogens is 4. The molecule has 0 radical (unpaired) electrons. The number of methoxy groups -OCH3 is 1. The van der Waals surface area contributed by atoms with E-state index in [1.807, 2.05) is 0 Å². The highest BCUT2D eigenvalue weighted by Crippen LogP contribution is 2.45. The van der Waals surface area contributed by atoms with Gasteiger partial charge in [-0.25, -0.2) is 17.6 Å². The Labute approximate surface area is 178 Å². The topological polar surface area (TPSA) is 87.2 Å². The first-order valence-corrected chi connectivity index (χ1v) is 11.1. The Morgan fingerprint density at radius 1 is 1.32 bits per heavy atom. The van der Waals surface area contributed by atoms with Crippen LogP contribution in [0.4, 0.5) is 17.6 Å². The predicted octanol–water partition coefficient (Wildman–Crippen LogP) is 2.44. The number of alkyl halides is 3. The number of aliphatic carboxylic acids is 1. The summed E-state index contributed by atoms with van der Waals surface area (Å²) in [7, 11) is -1.96. The summed E-state index contributed by atoms with van der Waals surface area (Å²) in [5.74, 6) is -2.96. The second-order valence-corrected chi connectivity index (χ2v) is 9.63. The van der Waals surface area contributed by atoms with E-state index in [4.69, 9.17) is 14.6 Å². The van der Waals surface area contributed by atoms with E-state index in [2.05, 4.69) is 11.8 Å². The Kier molecular flexibility index (Phi) is 8.06. The van der Waals surface area contributed by atoms with Gasteiger partial charge in [0.15, 0.2) is 0 Å². The zero-order valence-corrected chi connectivity index (χ0v) is 18.0. The van der Waals surface area contributed by atoms with Crippen molar-refractivity contribution >= 4 is 16.0 Å². The number of likely N-dealkylation sites (tertiary alicyclic amines) is 1. The van der Waals surface area contributed by atoms with Crippen LogP contribution in [0, 0.1) is 17.2 Å². The van der Waals surface area contributed by atoms with E-state index in [-0.39, 0.29) is 10.3 Å². The number of hydrogen-bond donors (Lipinski definition) is 1. The average Bonchev–Trinajstić information content (AvgIpc) is 3.27. The van der Waals surface area contributed by atoms with Crippen LogP contribution in [0.1, 0.15) is 13.3 Å². The average molecular weight is 470 g/mol. The molecule has 1 N–H and O–H groups in total. The van der Waals surface area contributed by atoms with Gasteiger partial charge in [-0.3, -0.25) is 0 Å². The maximum atomic E-state index is 13.4. The molecule has 0 unspecified atom stereocenters. The molecule has 176 valence electrons. The van der Waals surface area contributed by atoms with Gasteiger partial charge in [-0.1, -0.05) is 13.0 Å². The van der Waals surface area contributed by atoms with Crippen molar-refractivity contribution in [1.29, 1.82) is 0 Å². The standard InChI is InChI=1S/C17H25FN2O3S.C2HF3O2/c1-3-19-10-14(11-23-2)17(12-19)7-8-20(13-17)24(21,22)16-6-4-5-15(18)9-16;3-2(4,5)1(6)7/h4-6,9,14H,3,7-8,10-13H2,1-2H3;(H,6,7)/t14-,17+;/m0./s1. The fraction of sp³-hybridized carbons (Fsp3) is 0.632. The number of carboxylic acid groups (broad SMARTS) is 1. The molecule has 2 aliphatic rings. The number of hydrogen-bond acceptors (Lipinski definition) is 5. The Bertz CT molecular complexity index is 880. The monoisotopic (exact) mass is 470 g/mol. The molecule has 2 fully saturated rings. The molecule has 1 spiro atoms. The first-order valence-electron chi connectivity index (χ1n) is 9.63. The molecule has 0 aromatic heterocycles. The molecule has 31 heavy (non-hydrogen) atoms. The van der Waals surface area contributed by atoms with E-state index in [9.17, 15) is 26.0 Å². The van der Waals surface area contributed by atoms with Gasteiger partial charge in [0.1, 0.15) is 5.82 Å². The summed E-state index contributed by atoms with van der Waals surface area (Å²) < 4.78 is 77.8. The molecule has 0 bridgehead atoms. The van der Waals surface area contributed by atoms with Crippen LogP contribution in [0.15, 0.2) is 29.2 Å². The summed E-state index contributed by atoms with van der Waals surface area (Å²) in [6.45, 7) is 6.53. The summed E-state index contributed by atoms with van der Waals surface area (Å²) in [6, 6.07) is 5.26. The summed E-state index contributed by atoms with van der Waals surface area (Å²) in [5.41, 5.74) is -0.0631. The molecule has 2 saturated heterocycles. The number of ether oxygens (including phenoxy) is 1. The SMILES string of the molecule is CCN1C[C@@H](COC)[C@]2(CCN(S(=O)(=O)c3cccc(F)c3)C2)C1.O=C(O)C(F)(F)F. The van der Waals surface area contributed by atoms with E-state index in [1.165, 1.54) is 22.5 Å². The van der Waals surface area contributed by atoms with Crippen molar-refractivity contribution in [2.45, 2.75) is 24.4 Å². The molecule has 0 saturated carbocycles. The highest BCUT2D eigenvalue weighted by Gasteiger charge is 2.52. The van der Waals surface area contributed by atoms with E-state index >= 15 is 0 Å². The molecule has 1 aromatic carbocycles. The molecule has 2 aliphatic heterocycles. The minimum absolute atomic E-state index is 0.0354. The minimum atomic E-state index is -5.08. The van der Waals surface area contributed by atoms with Crippen LogP contribution in [-0.4, -0.2) is 81.3 Å². The first-order chi connectivity index (χ1) is 14.4. The lowest BCUT2D eigenvalue weighted by atomic mass is 9.78. The lowest BCUT2D eigenvalue weighted by Gasteiger charge is -2.30. The van der Waals surface area contributed by atoms with Gasteiger partial charge in [0.05, 0.1) is 11.5 Å². The van der Waals surface area contributed by atoms with Gasteiger partial charge in [-0.05, 0) is 31.2 Å². The van der Waals surface area contributed by atoms with Crippen molar-refractivity contribution in [3.05, 3.63) is 30.1 Å². The molecule has 7 nitrogen and oxygen atoms in total. The van der Waals surface area contributed by atoms with Crippen LogP contribution < -0.4 is 0 Å². The van der Waals surface area contributed by atoms with Crippen LogP contribution in [0.5, 0.6) is 0 Å². The lowest BCUT2D eigenvalue weighted by molar-refractivity contribution is -0.192. The van der Waals surface area contributed by atoms with Crippen molar-refractivity contribution < 1.29 is 40.6 Å². The Morgan fingerprint density at radius 3 is 2.48 bits per heavy atom. The number of sulfonamides is 1. The molecular formula is C19H26F4N2O5S. The van der Waals surface area contributed by atoms with Crippen LogP contribution in [0.2, 0.25) is 0 Å². The summed E-state index contributed by atoms with van der Waals surface area (Å²) in [6.07, 6.45) is -4.26. The summed E-state index contributed by atoms with van der Waals surface area (Å²) >= 11 is 0. The van der Waals surface area contributed by atoms with Gasteiger partial charge in [0, 0.05) is 44.6 Å². The highest BCUT2D eigenvalue weighted by molar-refractivity contribution is 7.89. The predicted molar refractivity (Wildman–Crippen MR) is 103 cm³/mol. The lowest BCUT2D eigenvalue weighted by Crippen LogP contribution is -2.38. The Hall–Kier alpha value is -1.76. The number of carbonyl (C=O) groups is 1. The molecular weight excluding hydrogens is 444 g/mol. The smallest absolute Gasteiger partial charge is 0.475 e. The number of benzene rings is 1. The zero-order valence-electron chi connectivity index (χ0n) is 17.2. The van der Waals surface area contributed by atoms with Gasteiger partial charge in [-0.15, -0.1) is 0 Å². The first kappa shape index (κ1) is 25.5. The van der Waals surface area contributed by atoms with Gasteiger partial charge in [0.25, 0.3) is 0 Å². The van der Waals surface area contributed by atoms with Crippen LogP contribution in [-0.2, 0) is 19.6 Å². The van der Waals surface area contributed by atoms with E-state index in [0.29, 0.717) is 25.6 Å². The van der Waals surface area contributed by atoms with Gasteiger partial charge < -0.3 is 14.7 Å². The third kappa shape index (κ3) is 5.93. The van der Waals surface area contributed by atoms with E-state index in [0.717, 1.165) is 32.1 Å². The Balaban J connectivity index is 0.000000423. The molecule has 2 atom stereocenters.